The molecule has 2 N–H and O–H groups in total. The number of nitrogens with zero attached hydrogens (tertiary/aromatic N) is 4. The number of hydrogen-bond acceptors (Lipinski definition) is 7. The molecule has 0 spiro atoms. The van der Waals surface area contributed by atoms with Crippen molar-refractivity contribution in [2.24, 2.45) is 0 Å². The highest BCUT2D eigenvalue weighted by Crippen LogP contribution is 2.24. The van der Waals surface area contributed by atoms with Gasteiger partial charge in [0, 0.05) is 37.2 Å². The van der Waals surface area contributed by atoms with Gasteiger partial charge in [0.05, 0.1) is 4.92 Å². The van der Waals surface area contributed by atoms with Crippen LogP contribution in [0.5, 0.6) is 0 Å². The molecule has 0 aliphatic heterocycles. The molecule has 0 radical (unpaired) electrons. The van der Waals surface area contributed by atoms with Crippen LogP contribution in [0, 0.1) is 17.0 Å². The minimum Gasteiger partial charge on any atom is -0.363 e. The van der Waals surface area contributed by atoms with Crippen LogP contribution in [0.15, 0.2) is 30.7 Å². The fourth-order valence-corrected chi connectivity index (χ4v) is 1.66. The maximum Gasteiger partial charge on any atom is 0.314 e. The van der Waals surface area contributed by atoms with E-state index in [1.165, 1.54) is 0 Å². The fraction of sp³-hybridized carbons (Fsp3) is 0.250. The Morgan fingerprint density at radius 1 is 1.15 bits per heavy atom. The van der Waals surface area contributed by atoms with Crippen LogP contribution in [-0.4, -0.2) is 33.0 Å². The molecule has 0 saturated carbocycles. The second-order valence-electron chi connectivity index (χ2n) is 4.01. The summed E-state index contributed by atoms with van der Waals surface area (Å²) in [6.07, 6.45) is 4.81. The SMILES string of the molecule is Cc1ccnc(NCCNc2ncccn2)c1[N+](=O)[O-]. The molecule has 0 aliphatic rings. The molecule has 0 unspecified atom stereocenters. The molecule has 2 aromatic heterocycles. The average Bonchev–Trinajstić information content (AvgIpc) is 2.44. The molecule has 2 heterocycles. The summed E-state index contributed by atoms with van der Waals surface area (Å²) >= 11 is 0. The Balaban J connectivity index is 1.92. The summed E-state index contributed by atoms with van der Waals surface area (Å²) in [5.74, 6) is 0.784. The van der Waals surface area contributed by atoms with Crippen LogP contribution in [0.3, 0.4) is 0 Å². The van der Waals surface area contributed by atoms with Crippen LogP contribution in [0.1, 0.15) is 5.56 Å². The minimum atomic E-state index is -0.432. The third kappa shape index (κ3) is 3.37. The molecular weight excluding hydrogens is 260 g/mol. The van der Waals surface area contributed by atoms with Crippen molar-refractivity contribution in [2.45, 2.75) is 6.92 Å². The van der Waals surface area contributed by atoms with Crippen molar-refractivity contribution in [3.05, 3.63) is 46.4 Å². The Labute approximate surface area is 115 Å². The molecule has 20 heavy (non-hydrogen) atoms. The number of anilines is 2. The van der Waals surface area contributed by atoms with Gasteiger partial charge in [-0.1, -0.05) is 0 Å². The lowest BCUT2D eigenvalue weighted by atomic mass is 10.2. The van der Waals surface area contributed by atoms with Gasteiger partial charge in [-0.05, 0) is 19.1 Å². The summed E-state index contributed by atoms with van der Waals surface area (Å²) in [6, 6.07) is 3.34. The van der Waals surface area contributed by atoms with Crippen molar-refractivity contribution in [3.8, 4) is 0 Å². The lowest BCUT2D eigenvalue weighted by molar-refractivity contribution is -0.384. The Kier molecular flexibility index (Phi) is 4.38. The normalized spacial score (nSPS) is 10.1. The molecular formula is C12H14N6O2. The number of rotatable bonds is 6. The van der Waals surface area contributed by atoms with E-state index in [1.807, 2.05) is 0 Å². The van der Waals surface area contributed by atoms with Gasteiger partial charge in [0.1, 0.15) is 0 Å². The van der Waals surface area contributed by atoms with Crippen LogP contribution in [0.25, 0.3) is 0 Å². The first-order chi connectivity index (χ1) is 9.68. The Bertz CT molecular complexity index is 590. The molecule has 8 nitrogen and oxygen atoms in total. The van der Waals surface area contributed by atoms with Gasteiger partial charge in [0.25, 0.3) is 0 Å². The second kappa shape index (κ2) is 6.41. The third-order valence-corrected chi connectivity index (χ3v) is 2.57. The standard InChI is InChI=1S/C12H14N6O2/c1-9-3-6-13-11(10(9)18(19)20)14-7-8-17-12-15-4-2-5-16-12/h2-6H,7-8H2,1H3,(H,13,14)(H,15,16,17). The molecule has 2 rings (SSSR count). The molecule has 8 heteroatoms. The molecule has 0 atom stereocenters. The molecule has 0 fully saturated rings. The average molecular weight is 274 g/mol. The van der Waals surface area contributed by atoms with Crippen LogP contribution in [0.4, 0.5) is 17.5 Å². The summed E-state index contributed by atoms with van der Waals surface area (Å²) in [4.78, 5) is 22.6. The first-order valence-corrected chi connectivity index (χ1v) is 6.03. The van der Waals surface area contributed by atoms with Crippen molar-refractivity contribution >= 4 is 17.5 Å². The summed E-state index contributed by atoms with van der Waals surface area (Å²) in [5, 5.41) is 16.9. The second-order valence-corrected chi connectivity index (χ2v) is 4.01. The van der Waals surface area contributed by atoms with Gasteiger partial charge < -0.3 is 10.6 Å². The van der Waals surface area contributed by atoms with Gasteiger partial charge >= 0.3 is 5.69 Å². The van der Waals surface area contributed by atoms with Crippen molar-refractivity contribution in [1.82, 2.24) is 15.0 Å². The lowest BCUT2D eigenvalue weighted by Gasteiger charge is -2.08. The summed E-state index contributed by atoms with van der Waals surface area (Å²) in [7, 11) is 0. The Morgan fingerprint density at radius 3 is 2.55 bits per heavy atom. The van der Waals surface area contributed by atoms with Crippen molar-refractivity contribution in [2.75, 3.05) is 23.7 Å². The van der Waals surface area contributed by atoms with Crippen LogP contribution in [0.2, 0.25) is 0 Å². The summed E-state index contributed by atoms with van der Waals surface area (Å²) < 4.78 is 0. The molecule has 0 amide bonds. The monoisotopic (exact) mass is 274 g/mol. The molecule has 0 aromatic carbocycles. The van der Waals surface area contributed by atoms with Gasteiger partial charge in [0.15, 0.2) is 0 Å². The number of aryl methyl sites for hydroxylation is 1. The zero-order valence-electron chi connectivity index (χ0n) is 10.9. The summed E-state index contributed by atoms with van der Waals surface area (Å²) in [5.41, 5.74) is 0.579. The zero-order valence-corrected chi connectivity index (χ0v) is 10.9. The highest BCUT2D eigenvalue weighted by atomic mass is 16.6. The van der Waals surface area contributed by atoms with E-state index < -0.39 is 4.92 Å². The number of hydrogen-bond donors (Lipinski definition) is 2. The van der Waals surface area contributed by atoms with E-state index in [-0.39, 0.29) is 11.5 Å². The molecule has 2 aromatic rings. The minimum absolute atomic E-state index is 0.00320. The Hall–Kier alpha value is -2.77. The maximum absolute atomic E-state index is 11.0. The van der Waals surface area contributed by atoms with E-state index in [4.69, 9.17) is 0 Å². The number of aromatic nitrogens is 3. The zero-order chi connectivity index (χ0) is 14.4. The highest BCUT2D eigenvalue weighted by molar-refractivity contribution is 5.59. The maximum atomic E-state index is 11.0. The van der Waals surface area contributed by atoms with Crippen LogP contribution < -0.4 is 10.6 Å². The van der Waals surface area contributed by atoms with Gasteiger partial charge in [-0.2, -0.15) is 0 Å². The van der Waals surface area contributed by atoms with Gasteiger partial charge in [-0.25, -0.2) is 15.0 Å². The predicted molar refractivity (Wildman–Crippen MR) is 74.6 cm³/mol. The van der Waals surface area contributed by atoms with E-state index in [1.54, 1.807) is 37.6 Å². The number of nitrogens with one attached hydrogen (secondary N) is 2. The van der Waals surface area contributed by atoms with Gasteiger partial charge in [0.2, 0.25) is 11.8 Å². The molecule has 0 saturated heterocycles. The smallest absolute Gasteiger partial charge is 0.314 e. The highest BCUT2D eigenvalue weighted by Gasteiger charge is 2.17. The van der Waals surface area contributed by atoms with E-state index in [2.05, 4.69) is 25.6 Å². The van der Waals surface area contributed by atoms with Crippen molar-refractivity contribution in [3.63, 3.8) is 0 Å². The predicted octanol–water partition coefficient (Wildman–Crippen LogP) is 1.61. The largest absolute Gasteiger partial charge is 0.363 e. The van der Waals surface area contributed by atoms with Crippen molar-refractivity contribution < 1.29 is 4.92 Å². The third-order valence-electron chi connectivity index (χ3n) is 2.57. The number of pyridine rings is 1. The first-order valence-electron chi connectivity index (χ1n) is 6.03. The van der Waals surface area contributed by atoms with Crippen LogP contribution in [-0.2, 0) is 0 Å². The van der Waals surface area contributed by atoms with Gasteiger partial charge in [-0.15, -0.1) is 0 Å². The van der Waals surface area contributed by atoms with E-state index in [0.29, 0.717) is 24.6 Å². The van der Waals surface area contributed by atoms with E-state index in [9.17, 15) is 10.1 Å². The molecule has 0 aliphatic carbocycles. The van der Waals surface area contributed by atoms with E-state index >= 15 is 0 Å². The van der Waals surface area contributed by atoms with Gasteiger partial charge in [-0.3, -0.25) is 10.1 Å². The fourth-order valence-electron chi connectivity index (χ4n) is 1.66. The lowest BCUT2D eigenvalue weighted by Crippen LogP contribution is -2.16. The number of nitro groups is 1. The quantitative estimate of drug-likeness (QED) is 0.468. The topological polar surface area (TPSA) is 106 Å². The van der Waals surface area contributed by atoms with Crippen LogP contribution >= 0.6 is 0 Å². The van der Waals surface area contributed by atoms with Crippen molar-refractivity contribution in [1.29, 1.82) is 0 Å². The molecule has 104 valence electrons. The molecule has 0 bridgehead atoms. The van der Waals surface area contributed by atoms with E-state index in [0.717, 1.165) is 0 Å². The first kappa shape index (κ1) is 13.7. The summed E-state index contributed by atoms with van der Waals surface area (Å²) in [6.45, 7) is 2.67. The Morgan fingerprint density at radius 2 is 1.85 bits per heavy atom.